The van der Waals surface area contributed by atoms with Crippen molar-refractivity contribution in [3.8, 4) is 22.3 Å². The molecule has 0 radical (unpaired) electrons. The van der Waals surface area contributed by atoms with Crippen LogP contribution < -0.4 is 0 Å². The Morgan fingerprint density at radius 3 is 2.00 bits per heavy atom. The predicted octanol–water partition coefficient (Wildman–Crippen LogP) is 7.94. The molecule has 5 atom stereocenters. The molecule has 1 aromatic heterocycles. The van der Waals surface area contributed by atoms with E-state index in [1.54, 1.807) is 24.4 Å². The van der Waals surface area contributed by atoms with Crippen LogP contribution in [0.25, 0.3) is 33.0 Å². The van der Waals surface area contributed by atoms with Crippen molar-refractivity contribution in [3.05, 3.63) is 107 Å². The number of carboxylic acid groups (broad SMARTS) is 1. The van der Waals surface area contributed by atoms with E-state index in [1.807, 2.05) is 24.3 Å². The van der Waals surface area contributed by atoms with Crippen molar-refractivity contribution in [2.45, 2.75) is 103 Å². The number of ether oxygens (including phenoxy) is 5. The zero-order valence-corrected chi connectivity index (χ0v) is 37.4. The minimum Gasteiger partial charge on any atom is -0.478 e. The molecule has 354 valence electrons. The minimum absolute atomic E-state index is 0.109. The van der Waals surface area contributed by atoms with Crippen LogP contribution in [0.15, 0.2) is 85.1 Å². The van der Waals surface area contributed by atoms with Crippen molar-refractivity contribution in [2.75, 3.05) is 26.2 Å². The molecular formula is C49H51F3N4O11. The van der Waals surface area contributed by atoms with E-state index in [2.05, 4.69) is 27.3 Å². The minimum atomic E-state index is -4.45. The predicted molar refractivity (Wildman–Crippen MR) is 235 cm³/mol. The molecule has 0 unspecified atom stereocenters. The van der Waals surface area contributed by atoms with Gasteiger partial charge in [-0.1, -0.05) is 53.7 Å². The number of carbonyl (C=O) groups is 5. The number of aromatic carboxylic acids is 1. The first-order chi connectivity index (χ1) is 31.9. The maximum Gasteiger partial charge on any atom is 0.416 e. The summed E-state index contributed by atoms with van der Waals surface area (Å²) in [6.07, 6.45) is -4.79. The van der Waals surface area contributed by atoms with Gasteiger partial charge in [0.15, 0.2) is 24.5 Å². The van der Waals surface area contributed by atoms with Crippen LogP contribution >= 0.6 is 0 Å². The second kappa shape index (κ2) is 20.9. The van der Waals surface area contributed by atoms with E-state index < -0.39 is 72.2 Å². The number of hydrogen-bond acceptors (Lipinski definition) is 13. The van der Waals surface area contributed by atoms with E-state index in [1.165, 1.54) is 36.2 Å². The number of alkyl halides is 3. The van der Waals surface area contributed by atoms with Gasteiger partial charge in [0.2, 0.25) is 0 Å². The number of unbranched alkanes of at least 4 members (excludes halogenated alkanes) is 1. The number of aromatic nitrogens is 3. The number of hydrogen-bond donors (Lipinski definition) is 1. The Bertz CT molecular complexity index is 2590. The molecule has 0 amide bonds. The summed E-state index contributed by atoms with van der Waals surface area (Å²) in [6.45, 7) is 7.04. The third kappa shape index (κ3) is 12.0. The first kappa shape index (κ1) is 48.3. The highest BCUT2D eigenvalue weighted by molar-refractivity contribution is 6.04. The van der Waals surface area contributed by atoms with Crippen molar-refractivity contribution in [1.82, 2.24) is 19.9 Å². The van der Waals surface area contributed by atoms with Crippen LogP contribution in [-0.2, 0) is 55.5 Å². The summed E-state index contributed by atoms with van der Waals surface area (Å²) in [4.78, 5) is 62.9. The molecule has 4 aromatic carbocycles. The second-order valence-electron chi connectivity index (χ2n) is 16.8. The van der Waals surface area contributed by atoms with Crippen molar-refractivity contribution in [1.29, 1.82) is 0 Å². The highest BCUT2D eigenvalue weighted by atomic mass is 19.4. The van der Waals surface area contributed by atoms with Crippen LogP contribution in [0.1, 0.15) is 92.7 Å². The van der Waals surface area contributed by atoms with Gasteiger partial charge in [0, 0.05) is 27.7 Å². The number of rotatable bonds is 15. The van der Waals surface area contributed by atoms with E-state index in [0.29, 0.717) is 34.5 Å². The number of aryl methyl sites for hydroxylation is 1. The fraction of sp³-hybridized carbons (Fsp3) is 0.408. The Kier molecular flexibility index (Phi) is 15.0. The average Bonchev–Trinajstić information content (AvgIpc) is 3.76. The van der Waals surface area contributed by atoms with Crippen molar-refractivity contribution in [3.63, 3.8) is 0 Å². The Labute approximate surface area is 384 Å². The molecule has 18 heteroatoms. The fourth-order valence-electron chi connectivity index (χ4n) is 8.80. The van der Waals surface area contributed by atoms with Crippen LogP contribution in [0.5, 0.6) is 0 Å². The lowest BCUT2D eigenvalue weighted by atomic mass is 9.87. The second-order valence-corrected chi connectivity index (χ2v) is 16.8. The Morgan fingerprint density at radius 1 is 0.746 bits per heavy atom. The molecular weight excluding hydrogens is 878 g/mol. The highest BCUT2D eigenvalue weighted by Gasteiger charge is 2.53. The number of fused-ring (bicyclic) bond motifs is 1. The molecule has 0 bridgehead atoms. The van der Waals surface area contributed by atoms with Gasteiger partial charge in [0.1, 0.15) is 12.7 Å². The SMILES string of the molecule is CC(=O)OC[C@H]1O[C@@H](n2cc(CCCCN3CCC(c4ccc(-c5cc(C(=O)O)cc6cc(-c7ccc(C(F)(F)F)cc7)ccc56)cc4)CC3)nn2)[C@H](OC(C)=O)[C@@H](OC(C)=O)[C@@H]1OC(C)=O. The monoisotopic (exact) mass is 928 g/mol. The normalized spacial score (nSPS) is 20.3. The third-order valence-corrected chi connectivity index (χ3v) is 12.0. The number of nitrogens with zero attached hydrogens (tertiary/aromatic N) is 4. The smallest absolute Gasteiger partial charge is 0.416 e. The van der Waals surface area contributed by atoms with Gasteiger partial charge in [-0.3, -0.25) is 19.2 Å². The molecule has 5 aromatic rings. The van der Waals surface area contributed by atoms with Crippen LogP contribution in [-0.4, -0.2) is 106 Å². The first-order valence-electron chi connectivity index (χ1n) is 22.0. The lowest BCUT2D eigenvalue weighted by molar-refractivity contribution is -0.270. The summed E-state index contributed by atoms with van der Waals surface area (Å²) in [5, 5.41) is 20.0. The van der Waals surface area contributed by atoms with Gasteiger partial charge < -0.3 is 33.7 Å². The van der Waals surface area contributed by atoms with Crippen LogP contribution in [0, 0.1) is 0 Å². The van der Waals surface area contributed by atoms with Crippen molar-refractivity contribution >= 4 is 40.6 Å². The van der Waals surface area contributed by atoms with E-state index in [9.17, 15) is 42.3 Å². The van der Waals surface area contributed by atoms with Gasteiger partial charge in [-0.05, 0) is 127 Å². The average molecular weight is 929 g/mol. The van der Waals surface area contributed by atoms with Crippen LogP contribution in [0.2, 0.25) is 0 Å². The summed E-state index contributed by atoms with van der Waals surface area (Å²) < 4.78 is 68.7. The Morgan fingerprint density at radius 2 is 1.37 bits per heavy atom. The summed E-state index contributed by atoms with van der Waals surface area (Å²) in [5.41, 5.74) is 4.08. The summed E-state index contributed by atoms with van der Waals surface area (Å²) in [5.74, 6) is -3.52. The van der Waals surface area contributed by atoms with Crippen LogP contribution in [0.4, 0.5) is 13.2 Å². The molecule has 7 rings (SSSR count). The Hall–Kier alpha value is -6.66. The number of carbonyl (C=O) groups excluding carboxylic acids is 4. The van der Waals surface area contributed by atoms with Crippen LogP contribution in [0.3, 0.4) is 0 Å². The molecule has 2 aliphatic rings. The number of halogens is 3. The summed E-state index contributed by atoms with van der Waals surface area (Å²) in [6, 6.07) is 21.9. The molecule has 0 aliphatic carbocycles. The molecule has 2 aliphatic heterocycles. The molecule has 0 spiro atoms. The molecule has 2 saturated heterocycles. The largest absolute Gasteiger partial charge is 0.478 e. The van der Waals surface area contributed by atoms with Gasteiger partial charge in [0.05, 0.1) is 23.0 Å². The number of likely N-dealkylation sites (tertiary alicyclic amines) is 1. The number of piperidine rings is 1. The maximum absolute atomic E-state index is 13.2. The number of benzene rings is 4. The lowest BCUT2D eigenvalue weighted by Gasteiger charge is -2.44. The van der Waals surface area contributed by atoms with Gasteiger partial charge in [-0.15, -0.1) is 5.10 Å². The fourth-order valence-corrected chi connectivity index (χ4v) is 8.80. The number of carboxylic acids is 1. The highest BCUT2D eigenvalue weighted by Crippen LogP contribution is 2.38. The van der Waals surface area contributed by atoms with Gasteiger partial charge in [-0.2, -0.15) is 13.2 Å². The molecule has 67 heavy (non-hydrogen) atoms. The molecule has 0 saturated carbocycles. The summed E-state index contributed by atoms with van der Waals surface area (Å²) in [7, 11) is 0. The van der Waals surface area contributed by atoms with Gasteiger partial charge >= 0.3 is 36.0 Å². The zero-order valence-electron chi connectivity index (χ0n) is 37.4. The summed E-state index contributed by atoms with van der Waals surface area (Å²) >= 11 is 0. The Balaban J connectivity index is 0.944. The molecule has 15 nitrogen and oxygen atoms in total. The van der Waals surface area contributed by atoms with E-state index in [4.69, 9.17) is 23.7 Å². The molecule has 2 fully saturated rings. The first-order valence-corrected chi connectivity index (χ1v) is 22.0. The zero-order chi connectivity index (χ0) is 48.0. The third-order valence-electron chi connectivity index (χ3n) is 12.0. The quantitative estimate of drug-likeness (QED) is 0.0606. The maximum atomic E-state index is 13.2. The van der Waals surface area contributed by atoms with E-state index in [0.717, 1.165) is 87.8 Å². The van der Waals surface area contributed by atoms with Gasteiger partial charge in [0.25, 0.3) is 0 Å². The number of esters is 4. The topological polar surface area (TPSA) is 186 Å². The molecule has 3 heterocycles. The van der Waals surface area contributed by atoms with Crippen molar-refractivity contribution < 1.29 is 65.9 Å². The standard InChI is InChI=1S/C49H51F3N4O11/c1-28(57)63-27-43-44(64-29(2)58)45(65-30(3)59)46(66-31(4)60)47(67-43)56-26-40(53-54-56)7-5-6-20-55-21-18-34(19-22-55)32-8-10-35(11-9-32)42-25-38(48(61)62)24-37-23-36(14-17-41(37)42)33-12-15-39(16-13-33)49(50,51)52/h8-17,23-26,34,43-47H,5-7,18-22,27H2,1-4H3,(H,61,62)/t43-,44-,45+,46-,47-/m1/s1. The van der Waals surface area contributed by atoms with Gasteiger partial charge in [-0.25, -0.2) is 9.48 Å². The van der Waals surface area contributed by atoms with E-state index in [-0.39, 0.29) is 12.2 Å². The van der Waals surface area contributed by atoms with Crippen molar-refractivity contribution in [2.24, 2.45) is 0 Å². The lowest BCUT2D eigenvalue weighted by Crippen LogP contribution is -2.60. The van der Waals surface area contributed by atoms with E-state index >= 15 is 0 Å². The molecule has 1 N–H and O–H groups in total.